The van der Waals surface area contributed by atoms with E-state index < -0.39 is 15.1 Å². The highest BCUT2D eigenvalue weighted by atomic mass is 32.2. The molecule has 0 saturated carbocycles. The molecule has 1 aromatic heterocycles. The maximum absolute atomic E-state index is 11.9. The summed E-state index contributed by atoms with van der Waals surface area (Å²) in [6, 6.07) is 0. The van der Waals surface area contributed by atoms with Gasteiger partial charge in [0.2, 0.25) is 5.89 Å². The molecule has 1 atom stereocenters. The largest absolute Gasteiger partial charge is 0.339 e. The Balaban J connectivity index is 2.13. The molecule has 0 bridgehead atoms. The zero-order chi connectivity index (χ0) is 12.3. The van der Waals surface area contributed by atoms with Crippen molar-refractivity contribution in [2.45, 2.75) is 37.4 Å². The number of nitrogens with two attached hydrogens (primary N) is 1. The van der Waals surface area contributed by atoms with E-state index in [-0.39, 0.29) is 5.75 Å². The molecule has 1 unspecified atom stereocenters. The Bertz CT molecular complexity index is 469. The van der Waals surface area contributed by atoms with E-state index >= 15 is 0 Å². The van der Waals surface area contributed by atoms with Crippen molar-refractivity contribution in [1.29, 1.82) is 0 Å². The summed E-state index contributed by atoms with van der Waals surface area (Å²) in [7, 11) is -3.09. The predicted molar refractivity (Wildman–Crippen MR) is 62.1 cm³/mol. The topological polar surface area (TPSA) is 99.1 Å². The van der Waals surface area contributed by atoms with E-state index in [0.717, 1.165) is 19.3 Å². The molecule has 1 aliphatic rings. The van der Waals surface area contributed by atoms with E-state index in [2.05, 4.69) is 10.1 Å². The van der Waals surface area contributed by atoms with Gasteiger partial charge < -0.3 is 10.3 Å². The van der Waals surface area contributed by atoms with Gasteiger partial charge in [-0.2, -0.15) is 4.98 Å². The minimum atomic E-state index is -3.09. The molecule has 0 spiro atoms. The lowest BCUT2D eigenvalue weighted by atomic mass is 10.2. The summed E-state index contributed by atoms with van der Waals surface area (Å²) in [6.07, 6.45) is 3.60. The van der Waals surface area contributed by atoms with E-state index in [4.69, 9.17) is 10.3 Å². The van der Waals surface area contributed by atoms with Gasteiger partial charge >= 0.3 is 0 Å². The quantitative estimate of drug-likeness (QED) is 0.850. The molecule has 1 fully saturated rings. The van der Waals surface area contributed by atoms with Gasteiger partial charge in [0.1, 0.15) is 5.25 Å². The summed E-state index contributed by atoms with van der Waals surface area (Å²) >= 11 is 0. The van der Waals surface area contributed by atoms with Gasteiger partial charge in [0.25, 0.3) is 0 Å². The Hall–Kier alpha value is -0.950. The Morgan fingerprint density at radius 1 is 1.41 bits per heavy atom. The van der Waals surface area contributed by atoms with E-state index in [0.29, 0.717) is 31.1 Å². The highest BCUT2D eigenvalue weighted by Gasteiger charge is 2.33. The molecule has 17 heavy (non-hydrogen) atoms. The molecule has 0 radical (unpaired) electrons. The van der Waals surface area contributed by atoms with Crippen LogP contribution in [0.4, 0.5) is 0 Å². The second-order valence-corrected chi connectivity index (χ2v) is 6.59. The lowest BCUT2D eigenvalue weighted by Crippen LogP contribution is -2.22. The van der Waals surface area contributed by atoms with E-state index in [9.17, 15) is 8.42 Å². The smallest absolute Gasteiger partial charge is 0.226 e. The average molecular weight is 259 g/mol. The fourth-order valence-electron chi connectivity index (χ4n) is 2.00. The van der Waals surface area contributed by atoms with Crippen LogP contribution < -0.4 is 5.73 Å². The first-order valence-electron chi connectivity index (χ1n) is 5.87. The first-order chi connectivity index (χ1) is 8.13. The molecule has 2 rings (SSSR count). The lowest BCUT2D eigenvalue weighted by Gasteiger charge is -2.18. The van der Waals surface area contributed by atoms with Crippen molar-refractivity contribution < 1.29 is 12.9 Å². The molecule has 6 nitrogen and oxygen atoms in total. The van der Waals surface area contributed by atoms with Gasteiger partial charge in [0, 0.05) is 6.42 Å². The zero-order valence-corrected chi connectivity index (χ0v) is 10.4. The molecule has 0 amide bonds. The van der Waals surface area contributed by atoms with Crippen molar-refractivity contribution in [2.75, 3.05) is 12.3 Å². The number of sulfone groups is 1. The SMILES string of the molecule is NCCCc1nc(C2CCCCS2(=O)=O)no1. The Kier molecular flexibility index (Phi) is 3.78. The van der Waals surface area contributed by atoms with Crippen LogP contribution in [0.25, 0.3) is 0 Å². The van der Waals surface area contributed by atoms with Gasteiger partial charge in [0.05, 0.1) is 5.75 Å². The molecular weight excluding hydrogens is 242 g/mol. The number of hydrogen-bond donors (Lipinski definition) is 1. The Morgan fingerprint density at radius 2 is 2.24 bits per heavy atom. The number of hydrogen-bond acceptors (Lipinski definition) is 6. The molecule has 2 N–H and O–H groups in total. The summed E-state index contributed by atoms with van der Waals surface area (Å²) in [4.78, 5) is 4.15. The van der Waals surface area contributed by atoms with Crippen LogP contribution in [0.5, 0.6) is 0 Å². The van der Waals surface area contributed by atoms with Crippen molar-refractivity contribution >= 4 is 9.84 Å². The third-order valence-electron chi connectivity index (χ3n) is 2.95. The summed E-state index contributed by atoms with van der Waals surface area (Å²) < 4.78 is 28.8. The van der Waals surface area contributed by atoms with Gasteiger partial charge in [-0.15, -0.1) is 0 Å². The Morgan fingerprint density at radius 3 is 2.94 bits per heavy atom. The minimum absolute atomic E-state index is 0.227. The van der Waals surface area contributed by atoms with Crippen LogP contribution >= 0.6 is 0 Å². The van der Waals surface area contributed by atoms with Gasteiger partial charge in [-0.3, -0.25) is 0 Å². The summed E-state index contributed by atoms with van der Waals surface area (Å²) in [5, 5.41) is 3.21. The maximum Gasteiger partial charge on any atom is 0.226 e. The van der Waals surface area contributed by atoms with Crippen LogP contribution in [0.3, 0.4) is 0 Å². The maximum atomic E-state index is 11.9. The van der Waals surface area contributed by atoms with Crippen LogP contribution in [0.2, 0.25) is 0 Å². The average Bonchev–Trinajstić information content (AvgIpc) is 2.74. The molecule has 1 aromatic rings. The highest BCUT2D eigenvalue weighted by molar-refractivity contribution is 7.91. The predicted octanol–water partition coefficient (Wildman–Crippen LogP) is 0.601. The van der Waals surface area contributed by atoms with Gasteiger partial charge in [-0.1, -0.05) is 11.6 Å². The monoisotopic (exact) mass is 259 g/mol. The van der Waals surface area contributed by atoms with Crippen molar-refractivity contribution in [3.63, 3.8) is 0 Å². The van der Waals surface area contributed by atoms with Crippen molar-refractivity contribution in [2.24, 2.45) is 5.73 Å². The lowest BCUT2D eigenvalue weighted by molar-refractivity contribution is 0.369. The van der Waals surface area contributed by atoms with E-state index in [1.165, 1.54) is 0 Å². The summed E-state index contributed by atoms with van der Waals surface area (Å²) in [5.41, 5.74) is 5.38. The summed E-state index contributed by atoms with van der Waals surface area (Å²) in [5.74, 6) is 1.02. The third-order valence-corrected chi connectivity index (χ3v) is 5.12. The van der Waals surface area contributed by atoms with Gasteiger partial charge in [-0.05, 0) is 25.8 Å². The fourth-order valence-corrected chi connectivity index (χ4v) is 3.83. The first-order valence-corrected chi connectivity index (χ1v) is 7.59. The van der Waals surface area contributed by atoms with Crippen LogP contribution in [0.15, 0.2) is 4.52 Å². The van der Waals surface area contributed by atoms with Crippen molar-refractivity contribution in [3.05, 3.63) is 11.7 Å². The molecule has 0 aromatic carbocycles. The fraction of sp³-hybridized carbons (Fsp3) is 0.800. The van der Waals surface area contributed by atoms with Gasteiger partial charge in [-0.25, -0.2) is 8.42 Å². The molecule has 1 saturated heterocycles. The second-order valence-electron chi connectivity index (χ2n) is 4.29. The minimum Gasteiger partial charge on any atom is -0.339 e. The van der Waals surface area contributed by atoms with E-state index in [1.807, 2.05) is 0 Å². The van der Waals surface area contributed by atoms with Crippen molar-refractivity contribution in [3.8, 4) is 0 Å². The first kappa shape index (κ1) is 12.5. The molecule has 96 valence electrons. The Labute approximate surface area is 100 Å². The molecule has 1 aliphatic heterocycles. The van der Waals surface area contributed by atoms with Crippen LogP contribution in [0.1, 0.15) is 42.6 Å². The normalized spacial score (nSPS) is 23.7. The number of aryl methyl sites for hydroxylation is 1. The molecule has 2 heterocycles. The zero-order valence-electron chi connectivity index (χ0n) is 9.63. The third kappa shape index (κ3) is 2.84. The number of rotatable bonds is 4. The highest BCUT2D eigenvalue weighted by Crippen LogP contribution is 2.31. The standard InChI is InChI=1S/C10H17N3O3S/c11-6-3-5-9-12-10(13-16-9)8-4-1-2-7-17(8,14)15/h8H,1-7,11H2. The van der Waals surface area contributed by atoms with E-state index in [1.54, 1.807) is 0 Å². The van der Waals surface area contributed by atoms with Crippen LogP contribution in [-0.2, 0) is 16.3 Å². The van der Waals surface area contributed by atoms with Gasteiger partial charge in [0.15, 0.2) is 15.7 Å². The van der Waals surface area contributed by atoms with Crippen LogP contribution in [-0.4, -0.2) is 30.9 Å². The number of aromatic nitrogens is 2. The second kappa shape index (κ2) is 5.14. The van der Waals surface area contributed by atoms with Crippen LogP contribution in [0, 0.1) is 0 Å². The van der Waals surface area contributed by atoms with Crippen molar-refractivity contribution in [1.82, 2.24) is 10.1 Å². The molecule has 7 heteroatoms. The molecular formula is C10H17N3O3S. The summed E-state index contributed by atoms with van der Waals surface area (Å²) in [6.45, 7) is 0.555. The number of nitrogens with zero attached hydrogens (tertiary/aromatic N) is 2. The molecule has 0 aliphatic carbocycles.